The molecule has 108 valence electrons. The fraction of sp³-hybridized carbons (Fsp3) is 0.188. The molecule has 0 spiro atoms. The number of halogens is 1. The highest BCUT2D eigenvalue weighted by molar-refractivity contribution is 7.10. The molecule has 0 aliphatic heterocycles. The van der Waals surface area contributed by atoms with E-state index in [0.29, 0.717) is 6.54 Å². The van der Waals surface area contributed by atoms with Crippen molar-refractivity contribution in [2.45, 2.75) is 19.0 Å². The third-order valence-corrected chi connectivity index (χ3v) is 4.96. The Bertz CT molecular complexity index is 665. The van der Waals surface area contributed by atoms with Crippen molar-refractivity contribution in [1.29, 1.82) is 0 Å². The first-order chi connectivity index (χ1) is 10.3. The molecule has 21 heavy (non-hydrogen) atoms. The fourth-order valence-corrected chi connectivity index (χ4v) is 3.64. The number of rotatable bonds is 6. The zero-order valence-corrected chi connectivity index (χ0v) is 13.0. The van der Waals surface area contributed by atoms with Gasteiger partial charge in [0, 0.05) is 29.4 Å². The van der Waals surface area contributed by atoms with E-state index in [1.54, 1.807) is 34.8 Å². The average Bonchev–Trinajstić information content (AvgIpc) is 3.16. The summed E-state index contributed by atoms with van der Waals surface area (Å²) >= 11 is 3.40. The van der Waals surface area contributed by atoms with Crippen molar-refractivity contribution in [3.05, 3.63) is 74.6 Å². The smallest absolute Gasteiger partial charge is 0.123 e. The molecule has 0 saturated carbocycles. The molecular formula is C16H15FN2S2. The Morgan fingerprint density at radius 2 is 2.10 bits per heavy atom. The topological polar surface area (TPSA) is 24.9 Å². The molecule has 0 bridgehead atoms. The van der Waals surface area contributed by atoms with Crippen LogP contribution in [0, 0.1) is 5.82 Å². The quantitative estimate of drug-likeness (QED) is 0.728. The highest BCUT2D eigenvalue weighted by Crippen LogP contribution is 2.23. The number of aromatic nitrogens is 1. The Morgan fingerprint density at radius 1 is 1.14 bits per heavy atom. The SMILES string of the molecule is Fc1cccc(CNC(Cc2cccs2)c2nccs2)c1. The molecule has 0 amide bonds. The Balaban J connectivity index is 1.70. The van der Waals surface area contributed by atoms with Gasteiger partial charge in [0.2, 0.25) is 0 Å². The van der Waals surface area contributed by atoms with Crippen LogP contribution in [-0.2, 0) is 13.0 Å². The lowest BCUT2D eigenvalue weighted by Gasteiger charge is -2.16. The van der Waals surface area contributed by atoms with Crippen molar-refractivity contribution in [1.82, 2.24) is 10.3 Å². The van der Waals surface area contributed by atoms with Gasteiger partial charge in [-0.05, 0) is 29.1 Å². The van der Waals surface area contributed by atoms with E-state index in [9.17, 15) is 4.39 Å². The van der Waals surface area contributed by atoms with Gasteiger partial charge < -0.3 is 5.32 Å². The lowest BCUT2D eigenvalue weighted by molar-refractivity contribution is 0.529. The van der Waals surface area contributed by atoms with Crippen LogP contribution in [0.15, 0.2) is 53.4 Å². The van der Waals surface area contributed by atoms with Gasteiger partial charge in [-0.15, -0.1) is 22.7 Å². The van der Waals surface area contributed by atoms with Gasteiger partial charge >= 0.3 is 0 Å². The molecule has 0 aliphatic carbocycles. The maximum Gasteiger partial charge on any atom is 0.123 e. The number of hydrogen-bond acceptors (Lipinski definition) is 4. The molecule has 1 atom stereocenters. The minimum atomic E-state index is -0.196. The summed E-state index contributed by atoms with van der Waals surface area (Å²) in [5.41, 5.74) is 0.947. The third kappa shape index (κ3) is 3.97. The molecule has 0 saturated heterocycles. The minimum Gasteiger partial charge on any atom is -0.304 e. The van der Waals surface area contributed by atoms with Crippen LogP contribution in [0.4, 0.5) is 4.39 Å². The third-order valence-electron chi connectivity index (χ3n) is 3.18. The predicted octanol–water partition coefficient (Wildman–Crippen LogP) is 4.42. The van der Waals surface area contributed by atoms with Gasteiger partial charge in [-0.25, -0.2) is 9.37 Å². The number of nitrogens with one attached hydrogen (secondary N) is 1. The van der Waals surface area contributed by atoms with E-state index >= 15 is 0 Å². The summed E-state index contributed by atoms with van der Waals surface area (Å²) < 4.78 is 13.2. The van der Waals surface area contributed by atoms with Crippen LogP contribution in [0.2, 0.25) is 0 Å². The normalized spacial score (nSPS) is 12.4. The summed E-state index contributed by atoms with van der Waals surface area (Å²) in [7, 11) is 0. The van der Waals surface area contributed by atoms with Gasteiger partial charge in [0.25, 0.3) is 0 Å². The molecule has 0 radical (unpaired) electrons. The lowest BCUT2D eigenvalue weighted by Crippen LogP contribution is -2.22. The highest BCUT2D eigenvalue weighted by atomic mass is 32.1. The summed E-state index contributed by atoms with van der Waals surface area (Å²) in [5, 5.41) is 8.63. The van der Waals surface area contributed by atoms with E-state index in [4.69, 9.17) is 0 Å². The second-order valence-corrected chi connectivity index (χ2v) is 6.68. The molecule has 0 fully saturated rings. The monoisotopic (exact) mass is 318 g/mol. The number of nitrogens with zero attached hydrogens (tertiary/aromatic N) is 1. The van der Waals surface area contributed by atoms with Crippen LogP contribution >= 0.6 is 22.7 Å². The van der Waals surface area contributed by atoms with Gasteiger partial charge in [-0.1, -0.05) is 18.2 Å². The first-order valence-corrected chi connectivity index (χ1v) is 8.47. The molecular weight excluding hydrogens is 303 g/mol. The van der Waals surface area contributed by atoms with Crippen molar-refractivity contribution in [3.8, 4) is 0 Å². The average molecular weight is 318 g/mol. The molecule has 2 aromatic heterocycles. The van der Waals surface area contributed by atoms with E-state index in [1.165, 1.54) is 10.9 Å². The lowest BCUT2D eigenvalue weighted by atomic mass is 10.1. The highest BCUT2D eigenvalue weighted by Gasteiger charge is 2.15. The van der Waals surface area contributed by atoms with E-state index in [2.05, 4.69) is 27.8 Å². The summed E-state index contributed by atoms with van der Waals surface area (Å²) in [6.45, 7) is 0.632. The van der Waals surface area contributed by atoms with E-state index in [-0.39, 0.29) is 11.9 Å². The van der Waals surface area contributed by atoms with Crippen molar-refractivity contribution in [2.75, 3.05) is 0 Å². The molecule has 2 heterocycles. The van der Waals surface area contributed by atoms with Crippen LogP contribution in [0.1, 0.15) is 21.5 Å². The molecule has 5 heteroatoms. The number of hydrogen-bond donors (Lipinski definition) is 1. The predicted molar refractivity (Wildman–Crippen MR) is 86.1 cm³/mol. The Labute approximate surface area is 131 Å². The minimum absolute atomic E-state index is 0.159. The van der Waals surface area contributed by atoms with Crippen LogP contribution < -0.4 is 5.32 Å². The van der Waals surface area contributed by atoms with E-state index in [1.807, 2.05) is 17.6 Å². The van der Waals surface area contributed by atoms with Crippen molar-refractivity contribution >= 4 is 22.7 Å². The van der Waals surface area contributed by atoms with E-state index in [0.717, 1.165) is 17.0 Å². The summed E-state index contributed by atoms with van der Waals surface area (Å²) in [5.74, 6) is -0.196. The number of thiophene rings is 1. The number of benzene rings is 1. The summed E-state index contributed by atoms with van der Waals surface area (Å²) in [6, 6.07) is 11.1. The standard InChI is InChI=1S/C16H15FN2S2/c17-13-4-1-3-12(9-13)11-19-15(16-18-6-8-21-16)10-14-5-2-7-20-14/h1-9,15,19H,10-11H2. The molecule has 3 aromatic rings. The summed E-state index contributed by atoms with van der Waals surface area (Å²) in [4.78, 5) is 5.73. The first kappa shape index (κ1) is 14.4. The van der Waals surface area contributed by atoms with Crippen molar-refractivity contribution < 1.29 is 4.39 Å². The molecule has 1 N–H and O–H groups in total. The van der Waals surface area contributed by atoms with E-state index < -0.39 is 0 Å². The van der Waals surface area contributed by atoms with Crippen LogP contribution in [0.25, 0.3) is 0 Å². The maximum atomic E-state index is 13.2. The van der Waals surface area contributed by atoms with Gasteiger partial charge in [0.05, 0.1) is 6.04 Å². The first-order valence-electron chi connectivity index (χ1n) is 6.71. The zero-order valence-electron chi connectivity index (χ0n) is 11.3. The number of thiazole rings is 1. The van der Waals surface area contributed by atoms with Gasteiger partial charge in [-0.2, -0.15) is 0 Å². The molecule has 0 aliphatic rings. The second-order valence-electron chi connectivity index (χ2n) is 4.72. The fourth-order valence-electron chi connectivity index (χ4n) is 2.17. The van der Waals surface area contributed by atoms with Crippen LogP contribution in [0.5, 0.6) is 0 Å². The van der Waals surface area contributed by atoms with Gasteiger partial charge in [0.1, 0.15) is 10.8 Å². The Morgan fingerprint density at radius 3 is 2.81 bits per heavy atom. The summed E-state index contributed by atoms with van der Waals surface area (Å²) in [6.07, 6.45) is 2.73. The molecule has 1 aromatic carbocycles. The largest absolute Gasteiger partial charge is 0.304 e. The Hall–Kier alpha value is -1.56. The Kier molecular flexibility index (Phi) is 4.75. The molecule has 1 unspecified atom stereocenters. The molecule has 3 rings (SSSR count). The maximum absolute atomic E-state index is 13.2. The molecule has 2 nitrogen and oxygen atoms in total. The van der Waals surface area contributed by atoms with Gasteiger partial charge in [0.15, 0.2) is 0 Å². The van der Waals surface area contributed by atoms with Gasteiger partial charge in [-0.3, -0.25) is 0 Å². The zero-order chi connectivity index (χ0) is 14.5. The van der Waals surface area contributed by atoms with Crippen molar-refractivity contribution in [3.63, 3.8) is 0 Å². The van der Waals surface area contributed by atoms with Crippen LogP contribution in [-0.4, -0.2) is 4.98 Å². The second kappa shape index (κ2) is 6.93. The van der Waals surface area contributed by atoms with Crippen molar-refractivity contribution in [2.24, 2.45) is 0 Å². The van der Waals surface area contributed by atoms with Crippen LogP contribution in [0.3, 0.4) is 0 Å².